The second-order valence-electron chi connectivity index (χ2n) is 13.1. The average Bonchev–Trinajstić information content (AvgIpc) is 3.81. The first kappa shape index (κ1) is 29.2. The van der Waals surface area contributed by atoms with Gasteiger partial charge in [0, 0.05) is 29.9 Å². The van der Waals surface area contributed by atoms with E-state index in [1.807, 2.05) is 56.3 Å². The van der Waals surface area contributed by atoms with Gasteiger partial charge in [-0.1, -0.05) is 58.0 Å². The molecule has 12 heteroatoms. The predicted octanol–water partition coefficient (Wildman–Crippen LogP) is 4.23. The average molecular weight is 635 g/mol. The number of amides is 2. The summed E-state index contributed by atoms with van der Waals surface area (Å²) in [5, 5.41) is 20.0. The number of nitrogens with one attached hydrogen (secondary N) is 3. The number of hydrogen-bond donors (Lipinski definition) is 4. The molecule has 0 saturated carbocycles. The maximum atomic E-state index is 14.0. The SMILES string of the molecule is CC(C)C1NC(=O)[C@@H](NC(=O)[C@@H](O)C(C)C)Cc2ccc3c(c2)[C@@]2(c4ccccc4NC2O3)c2oc1nc2-c1nc2cnccc2o1. The third-order valence-corrected chi connectivity index (χ3v) is 9.34. The number of nitrogens with zero attached hydrogens (tertiary/aromatic N) is 3. The van der Waals surface area contributed by atoms with Crippen LogP contribution in [0.1, 0.15) is 62.1 Å². The summed E-state index contributed by atoms with van der Waals surface area (Å²) in [7, 11) is 0. The Hall–Kier alpha value is -5.23. The lowest BCUT2D eigenvalue weighted by molar-refractivity contribution is -0.135. The van der Waals surface area contributed by atoms with Crippen molar-refractivity contribution in [2.45, 2.75) is 63.9 Å². The van der Waals surface area contributed by atoms with Crippen molar-refractivity contribution in [3.05, 3.63) is 89.3 Å². The van der Waals surface area contributed by atoms with Gasteiger partial charge in [0.1, 0.15) is 34.9 Å². The summed E-state index contributed by atoms with van der Waals surface area (Å²) >= 11 is 0. The number of carbonyl (C=O) groups is 2. The number of pyridine rings is 1. The van der Waals surface area contributed by atoms with Gasteiger partial charge in [-0.3, -0.25) is 14.6 Å². The summed E-state index contributed by atoms with van der Waals surface area (Å²) in [5.74, 6) is 0.0743. The molecule has 4 N–H and O–H groups in total. The quantitative estimate of drug-likeness (QED) is 0.220. The Balaban J connectivity index is 1.38. The lowest BCUT2D eigenvalue weighted by Crippen LogP contribution is -2.52. The summed E-state index contributed by atoms with van der Waals surface area (Å²) in [6.07, 6.45) is 1.57. The van der Waals surface area contributed by atoms with Crippen molar-refractivity contribution >= 4 is 28.6 Å². The molecule has 1 spiro atoms. The fraction of sp³-hybridized carbons (Fsp3) is 0.343. The molecule has 4 bridgehead atoms. The highest BCUT2D eigenvalue weighted by molar-refractivity contribution is 5.90. The lowest BCUT2D eigenvalue weighted by Gasteiger charge is -2.29. The topological polar surface area (TPSA) is 165 Å². The molecule has 0 aliphatic carbocycles. The van der Waals surface area contributed by atoms with E-state index < -0.39 is 41.6 Å². The lowest BCUT2D eigenvalue weighted by atomic mass is 9.72. The highest BCUT2D eigenvalue weighted by Crippen LogP contribution is 2.59. The fourth-order valence-electron chi connectivity index (χ4n) is 6.89. The van der Waals surface area contributed by atoms with Crippen LogP contribution in [0.3, 0.4) is 0 Å². The maximum Gasteiger partial charge on any atom is 0.250 e. The van der Waals surface area contributed by atoms with Crippen LogP contribution in [-0.4, -0.2) is 50.2 Å². The molecular weight excluding hydrogens is 600 g/mol. The van der Waals surface area contributed by atoms with E-state index in [0.717, 1.165) is 22.4 Å². The zero-order valence-electron chi connectivity index (χ0n) is 26.3. The highest BCUT2D eigenvalue weighted by atomic mass is 16.5. The molecule has 2 aromatic carbocycles. The minimum atomic E-state index is -1.27. The molecule has 0 saturated heterocycles. The van der Waals surface area contributed by atoms with Crippen molar-refractivity contribution in [2.24, 2.45) is 11.8 Å². The van der Waals surface area contributed by atoms with Gasteiger partial charge >= 0.3 is 0 Å². The summed E-state index contributed by atoms with van der Waals surface area (Å²) in [4.78, 5) is 41.0. The first-order chi connectivity index (χ1) is 22.6. The minimum absolute atomic E-state index is 0.165. The minimum Gasteiger partial charge on any atom is -0.469 e. The van der Waals surface area contributed by atoms with E-state index in [-0.39, 0.29) is 30.0 Å². The molecule has 5 atom stereocenters. The molecule has 0 radical (unpaired) electrons. The Morgan fingerprint density at radius 3 is 2.66 bits per heavy atom. The molecule has 5 aromatic rings. The Bertz CT molecular complexity index is 2020. The van der Waals surface area contributed by atoms with Crippen molar-refractivity contribution in [1.82, 2.24) is 25.6 Å². The molecule has 6 heterocycles. The molecule has 2 unspecified atom stereocenters. The second-order valence-corrected chi connectivity index (χ2v) is 13.1. The number of ether oxygens (including phenoxy) is 1. The van der Waals surface area contributed by atoms with Crippen LogP contribution in [0.15, 0.2) is 69.8 Å². The third kappa shape index (κ3) is 4.42. The summed E-state index contributed by atoms with van der Waals surface area (Å²) < 4.78 is 19.7. The fourth-order valence-corrected chi connectivity index (χ4v) is 6.89. The molecule has 8 rings (SSSR count). The van der Waals surface area contributed by atoms with Crippen LogP contribution >= 0.6 is 0 Å². The molecule has 3 aliphatic heterocycles. The van der Waals surface area contributed by atoms with E-state index in [1.54, 1.807) is 32.3 Å². The van der Waals surface area contributed by atoms with E-state index in [1.165, 1.54) is 0 Å². The molecule has 240 valence electrons. The van der Waals surface area contributed by atoms with Gasteiger partial charge in [0.2, 0.25) is 23.6 Å². The van der Waals surface area contributed by atoms with Crippen molar-refractivity contribution < 1.29 is 28.3 Å². The summed E-state index contributed by atoms with van der Waals surface area (Å²) in [5.41, 5.74) is 3.88. The van der Waals surface area contributed by atoms with Gasteiger partial charge in [-0.15, -0.1) is 0 Å². The number of fused-ring (bicyclic) bond motifs is 5. The number of hydrogen-bond acceptors (Lipinski definition) is 10. The Morgan fingerprint density at radius 1 is 1.04 bits per heavy atom. The Kier molecular flexibility index (Phi) is 6.62. The van der Waals surface area contributed by atoms with E-state index in [9.17, 15) is 14.7 Å². The van der Waals surface area contributed by atoms with Gasteiger partial charge in [-0.05, 0) is 35.1 Å². The predicted molar refractivity (Wildman–Crippen MR) is 170 cm³/mol. The van der Waals surface area contributed by atoms with Crippen LogP contribution in [0, 0.1) is 11.8 Å². The normalized spacial score (nSPS) is 23.3. The Labute approximate surface area is 270 Å². The summed E-state index contributed by atoms with van der Waals surface area (Å²) in [6.45, 7) is 7.40. The standard InChI is InChI=1S/C35H34N6O6/c1-16(2)26-32-41-27(33-38-23-15-36-12-11-25(23)45-33)29(47-32)35-19-7-5-6-8-21(19)39-34(35)46-24-10-9-18(13-20(24)35)14-22(30(43)40-26)37-31(44)28(42)17(3)4/h5-13,15-17,22,26,28,34,39,42H,14H2,1-4H3,(H,37,44)(H,40,43)/t22-,26?,28-,34?,35-/m0/s1. The zero-order chi connectivity index (χ0) is 32.6. The van der Waals surface area contributed by atoms with Crippen LogP contribution in [0.5, 0.6) is 5.75 Å². The molecule has 3 aromatic heterocycles. The van der Waals surface area contributed by atoms with Crippen LogP contribution in [-0.2, 0) is 21.4 Å². The van der Waals surface area contributed by atoms with Crippen molar-refractivity contribution in [3.63, 3.8) is 0 Å². The first-order valence-electron chi connectivity index (χ1n) is 15.8. The number of para-hydroxylation sites is 1. The van der Waals surface area contributed by atoms with E-state index in [2.05, 4.69) is 20.9 Å². The van der Waals surface area contributed by atoms with Crippen molar-refractivity contribution in [1.29, 1.82) is 0 Å². The van der Waals surface area contributed by atoms with E-state index in [4.69, 9.17) is 23.5 Å². The number of anilines is 1. The number of benzene rings is 2. The number of carbonyl (C=O) groups excluding carboxylic acids is 2. The van der Waals surface area contributed by atoms with Gasteiger partial charge in [-0.25, -0.2) is 9.97 Å². The molecule has 47 heavy (non-hydrogen) atoms. The molecular formula is C35H34N6O6. The molecule has 3 aliphatic rings. The van der Waals surface area contributed by atoms with Gasteiger partial charge < -0.3 is 34.6 Å². The van der Waals surface area contributed by atoms with Crippen LogP contribution in [0.4, 0.5) is 5.69 Å². The van der Waals surface area contributed by atoms with E-state index in [0.29, 0.717) is 28.3 Å². The number of aliphatic hydroxyl groups excluding tert-OH is 1. The van der Waals surface area contributed by atoms with Gasteiger partial charge in [0.05, 0.1) is 6.20 Å². The zero-order valence-corrected chi connectivity index (χ0v) is 26.3. The van der Waals surface area contributed by atoms with E-state index >= 15 is 0 Å². The van der Waals surface area contributed by atoms with Crippen molar-refractivity contribution in [2.75, 3.05) is 5.32 Å². The van der Waals surface area contributed by atoms with Gasteiger partial charge in [-0.2, -0.15) is 0 Å². The smallest absolute Gasteiger partial charge is 0.250 e. The van der Waals surface area contributed by atoms with Crippen molar-refractivity contribution in [3.8, 4) is 17.3 Å². The second kappa shape index (κ2) is 10.7. The molecule has 0 fully saturated rings. The Morgan fingerprint density at radius 2 is 1.87 bits per heavy atom. The molecule has 12 nitrogen and oxygen atoms in total. The van der Waals surface area contributed by atoms with Crippen LogP contribution in [0.25, 0.3) is 22.7 Å². The molecule has 2 amide bonds. The summed E-state index contributed by atoms with van der Waals surface area (Å²) in [6, 6.07) is 13.8. The van der Waals surface area contributed by atoms with Gasteiger partial charge in [0.15, 0.2) is 23.3 Å². The number of aliphatic hydroxyl groups is 1. The van der Waals surface area contributed by atoms with Crippen LogP contribution in [0.2, 0.25) is 0 Å². The monoisotopic (exact) mass is 634 g/mol. The number of rotatable bonds is 5. The van der Waals surface area contributed by atoms with Crippen LogP contribution < -0.4 is 20.7 Å². The third-order valence-electron chi connectivity index (χ3n) is 9.34. The van der Waals surface area contributed by atoms with Gasteiger partial charge in [0.25, 0.3) is 0 Å². The highest BCUT2D eigenvalue weighted by Gasteiger charge is 2.61. The number of aromatic nitrogens is 3. The first-order valence-corrected chi connectivity index (χ1v) is 15.8. The largest absolute Gasteiger partial charge is 0.469 e. The maximum absolute atomic E-state index is 14.0. The number of oxazole rings is 2.